The molecule has 2 bridgehead atoms. The number of cyclic esters (lactones) is 1. The lowest BCUT2D eigenvalue weighted by Gasteiger charge is -2.40. The Labute approximate surface area is 210 Å². The van der Waals surface area contributed by atoms with Crippen LogP contribution in [0.2, 0.25) is 0 Å². The van der Waals surface area contributed by atoms with Crippen LogP contribution in [0, 0.1) is 11.3 Å². The third-order valence-electron chi connectivity index (χ3n) is 7.59. The number of fused-ring (bicyclic) bond motifs is 3. The Morgan fingerprint density at radius 3 is 2.64 bits per heavy atom. The molecule has 2 aromatic rings. The van der Waals surface area contributed by atoms with Crippen LogP contribution < -0.4 is 10.6 Å². The van der Waals surface area contributed by atoms with Crippen LogP contribution in [-0.4, -0.2) is 64.3 Å². The van der Waals surface area contributed by atoms with Crippen molar-refractivity contribution in [1.29, 1.82) is 0 Å². The fourth-order valence-corrected chi connectivity index (χ4v) is 5.83. The molecule has 2 saturated heterocycles. The number of amides is 3. The molecular formula is C27H32N4O5. The minimum atomic E-state index is -0.850. The zero-order valence-corrected chi connectivity index (χ0v) is 20.8. The van der Waals surface area contributed by atoms with Gasteiger partial charge in [-0.05, 0) is 42.0 Å². The zero-order valence-electron chi connectivity index (χ0n) is 20.8. The SMILES string of the molecule is CC(C)(C)C(NC(=O)c1nccc2ccccc12)C(=O)N1C2CCC(C2)C1C(=O)NC1COC(=O)C1. The van der Waals surface area contributed by atoms with E-state index in [9.17, 15) is 19.2 Å². The molecule has 2 N–H and O–H groups in total. The summed E-state index contributed by atoms with van der Waals surface area (Å²) in [6, 6.07) is 7.43. The first-order valence-electron chi connectivity index (χ1n) is 12.6. The standard InChI is InChI=1S/C27H32N4O5/c1-27(2,3)23(30-24(33)21-19-7-5-4-6-15(19)10-11-28-21)26(35)31-18-9-8-16(12-18)22(31)25(34)29-17-13-20(32)36-14-17/h4-7,10-11,16-18,22-23H,8-9,12-14H2,1-3H3,(H,29,34)(H,30,33). The van der Waals surface area contributed by atoms with Crippen LogP contribution in [0.3, 0.4) is 0 Å². The summed E-state index contributed by atoms with van der Waals surface area (Å²) in [6.07, 6.45) is 4.20. The topological polar surface area (TPSA) is 118 Å². The van der Waals surface area contributed by atoms with Crippen molar-refractivity contribution in [2.24, 2.45) is 11.3 Å². The quantitative estimate of drug-likeness (QED) is 0.618. The second-order valence-corrected chi connectivity index (χ2v) is 11.2. The number of piperidine rings is 1. The highest BCUT2D eigenvalue weighted by Crippen LogP contribution is 2.43. The Morgan fingerprint density at radius 1 is 1.14 bits per heavy atom. The molecular weight excluding hydrogens is 460 g/mol. The highest BCUT2D eigenvalue weighted by molar-refractivity contribution is 6.06. The van der Waals surface area contributed by atoms with E-state index < -0.39 is 23.4 Å². The Morgan fingerprint density at radius 2 is 1.92 bits per heavy atom. The van der Waals surface area contributed by atoms with E-state index in [0.717, 1.165) is 24.6 Å². The molecule has 1 aromatic heterocycles. The van der Waals surface area contributed by atoms with Crippen molar-refractivity contribution in [3.63, 3.8) is 0 Å². The van der Waals surface area contributed by atoms with Gasteiger partial charge < -0.3 is 20.3 Å². The van der Waals surface area contributed by atoms with Crippen LogP contribution in [0.5, 0.6) is 0 Å². The van der Waals surface area contributed by atoms with Gasteiger partial charge in [-0.1, -0.05) is 45.0 Å². The van der Waals surface area contributed by atoms with Gasteiger partial charge in [0.2, 0.25) is 11.8 Å². The summed E-state index contributed by atoms with van der Waals surface area (Å²) in [5.41, 5.74) is -0.343. The molecule has 5 unspecified atom stereocenters. The number of esters is 1. The van der Waals surface area contributed by atoms with Crippen LogP contribution in [0.1, 0.15) is 56.9 Å². The van der Waals surface area contributed by atoms with Gasteiger partial charge in [0.1, 0.15) is 24.4 Å². The molecule has 1 aliphatic carbocycles. The summed E-state index contributed by atoms with van der Waals surface area (Å²) in [5, 5.41) is 7.46. The third kappa shape index (κ3) is 4.42. The highest BCUT2D eigenvalue weighted by Gasteiger charge is 2.54. The minimum absolute atomic E-state index is 0.0443. The second-order valence-electron chi connectivity index (χ2n) is 11.2. The van der Waals surface area contributed by atoms with E-state index in [4.69, 9.17) is 4.74 Å². The molecule has 9 nitrogen and oxygen atoms in total. The molecule has 3 aliphatic rings. The molecule has 36 heavy (non-hydrogen) atoms. The largest absolute Gasteiger partial charge is 0.463 e. The molecule has 2 aliphatic heterocycles. The molecule has 0 spiro atoms. The lowest BCUT2D eigenvalue weighted by molar-refractivity contribution is -0.146. The average molecular weight is 493 g/mol. The number of carbonyl (C=O) groups is 4. The van der Waals surface area contributed by atoms with Crippen LogP contribution in [-0.2, 0) is 19.1 Å². The summed E-state index contributed by atoms with van der Waals surface area (Å²) in [5.74, 6) is -1.21. The maximum Gasteiger partial charge on any atom is 0.308 e. The number of nitrogens with zero attached hydrogens (tertiary/aromatic N) is 2. The van der Waals surface area contributed by atoms with Crippen LogP contribution in [0.15, 0.2) is 36.5 Å². The molecule has 1 saturated carbocycles. The van der Waals surface area contributed by atoms with Gasteiger partial charge in [-0.15, -0.1) is 0 Å². The molecule has 1 aromatic carbocycles. The van der Waals surface area contributed by atoms with E-state index in [2.05, 4.69) is 15.6 Å². The van der Waals surface area contributed by atoms with Gasteiger partial charge in [0.25, 0.3) is 5.91 Å². The Balaban J connectivity index is 1.39. The van der Waals surface area contributed by atoms with E-state index in [1.54, 1.807) is 11.1 Å². The van der Waals surface area contributed by atoms with Crippen LogP contribution >= 0.6 is 0 Å². The second kappa shape index (κ2) is 9.19. The van der Waals surface area contributed by atoms with E-state index in [1.165, 1.54) is 0 Å². The first kappa shape index (κ1) is 24.2. The van der Waals surface area contributed by atoms with Gasteiger partial charge in [-0.2, -0.15) is 0 Å². The van der Waals surface area contributed by atoms with Crippen molar-refractivity contribution in [1.82, 2.24) is 20.5 Å². The van der Waals surface area contributed by atoms with Gasteiger partial charge in [-0.25, -0.2) is 0 Å². The molecule has 5 atom stereocenters. The smallest absolute Gasteiger partial charge is 0.308 e. The Kier molecular flexibility index (Phi) is 6.18. The fourth-order valence-electron chi connectivity index (χ4n) is 5.83. The lowest BCUT2D eigenvalue weighted by Crippen LogP contribution is -2.61. The lowest BCUT2D eigenvalue weighted by atomic mass is 9.84. The zero-order chi connectivity index (χ0) is 25.6. The van der Waals surface area contributed by atoms with Crippen molar-refractivity contribution >= 4 is 34.5 Å². The fraction of sp³-hybridized carbons (Fsp3) is 0.519. The molecule has 9 heteroatoms. The van der Waals surface area contributed by atoms with Crippen LogP contribution in [0.4, 0.5) is 0 Å². The first-order chi connectivity index (χ1) is 17.1. The van der Waals surface area contributed by atoms with Crippen molar-refractivity contribution in [3.8, 4) is 0 Å². The first-order valence-corrected chi connectivity index (χ1v) is 12.6. The van der Waals surface area contributed by atoms with Crippen LogP contribution in [0.25, 0.3) is 10.8 Å². The number of benzene rings is 1. The van der Waals surface area contributed by atoms with Crippen molar-refractivity contribution in [2.75, 3.05) is 6.61 Å². The number of pyridine rings is 1. The summed E-state index contributed by atoms with van der Waals surface area (Å²) in [6.45, 7) is 5.85. The number of hydrogen-bond donors (Lipinski definition) is 2. The van der Waals surface area contributed by atoms with E-state index in [1.807, 2.05) is 51.1 Å². The highest BCUT2D eigenvalue weighted by atomic mass is 16.5. The monoisotopic (exact) mass is 492 g/mol. The molecule has 3 fully saturated rings. The third-order valence-corrected chi connectivity index (χ3v) is 7.59. The van der Waals surface area contributed by atoms with E-state index in [0.29, 0.717) is 5.39 Å². The molecule has 3 amide bonds. The summed E-state index contributed by atoms with van der Waals surface area (Å²) in [4.78, 5) is 58.2. The summed E-state index contributed by atoms with van der Waals surface area (Å²) < 4.78 is 4.98. The Bertz CT molecular complexity index is 1220. The summed E-state index contributed by atoms with van der Waals surface area (Å²) >= 11 is 0. The van der Waals surface area contributed by atoms with Crippen molar-refractivity contribution in [2.45, 2.75) is 70.6 Å². The van der Waals surface area contributed by atoms with Gasteiger partial charge in [0, 0.05) is 17.6 Å². The molecule has 190 valence electrons. The van der Waals surface area contributed by atoms with E-state index >= 15 is 0 Å². The number of nitrogens with one attached hydrogen (secondary N) is 2. The van der Waals surface area contributed by atoms with E-state index in [-0.39, 0.29) is 54.5 Å². The normalized spacial score (nSPS) is 26.1. The number of hydrogen-bond acceptors (Lipinski definition) is 6. The number of ether oxygens (including phenoxy) is 1. The molecule has 5 rings (SSSR count). The number of carbonyl (C=O) groups excluding carboxylic acids is 4. The van der Waals surface area contributed by atoms with Gasteiger partial charge in [0.05, 0.1) is 12.5 Å². The predicted octanol–water partition coefficient (Wildman–Crippen LogP) is 2.19. The molecule has 0 radical (unpaired) electrons. The number of aromatic nitrogens is 1. The predicted molar refractivity (Wildman–Crippen MR) is 132 cm³/mol. The molecule has 3 heterocycles. The minimum Gasteiger partial charge on any atom is -0.463 e. The average Bonchev–Trinajstić information content (AvgIpc) is 3.57. The maximum atomic E-state index is 14.0. The van der Waals surface area contributed by atoms with Crippen molar-refractivity contribution in [3.05, 3.63) is 42.2 Å². The van der Waals surface area contributed by atoms with Gasteiger partial charge in [0.15, 0.2) is 0 Å². The van der Waals surface area contributed by atoms with Gasteiger partial charge in [-0.3, -0.25) is 24.2 Å². The Hall–Kier alpha value is -3.49. The summed E-state index contributed by atoms with van der Waals surface area (Å²) in [7, 11) is 0. The maximum absolute atomic E-state index is 14.0. The van der Waals surface area contributed by atoms with Crippen molar-refractivity contribution < 1.29 is 23.9 Å². The number of likely N-dealkylation sites (tertiary alicyclic amines) is 1. The number of rotatable bonds is 5. The van der Waals surface area contributed by atoms with Gasteiger partial charge >= 0.3 is 5.97 Å².